The quantitative estimate of drug-likeness (QED) is 0.578. The average molecular weight is 278 g/mol. The molecule has 0 fully saturated rings. The predicted octanol–water partition coefficient (Wildman–Crippen LogP) is 2.43. The van der Waals surface area contributed by atoms with E-state index >= 15 is 0 Å². The molecule has 0 saturated heterocycles. The van der Waals surface area contributed by atoms with E-state index in [0.29, 0.717) is 22.4 Å². The highest BCUT2D eigenvalue weighted by molar-refractivity contribution is 6.02. The van der Waals surface area contributed by atoms with Crippen LogP contribution >= 0.6 is 0 Å². The Morgan fingerprint density at radius 1 is 1.14 bits per heavy atom. The first-order valence-electron chi connectivity index (χ1n) is 6.44. The molecule has 3 aromatic heterocycles. The lowest BCUT2D eigenvalue weighted by Crippen LogP contribution is -2.04. The molecule has 0 bridgehead atoms. The molecule has 1 aromatic carbocycles. The average Bonchev–Trinajstić information content (AvgIpc) is 2.89. The van der Waals surface area contributed by atoms with Crippen LogP contribution in [0.25, 0.3) is 33.6 Å². The van der Waals surface area contributed by atoms with Crippen molar-refractivity contribution in [1.29, 1.82) is 0 Å². The molecule has 4 aromatic rings. The van der Waals surface area contributed by atoms with E-state index in [2.05, 4.69) is 19.9 Å². The molecule has 0 saturated carbocycles. The first-order valence-corrected chi connectivity index (χ1v) is 6.44. The van der Waals surface area contributed by atoms with Gasteiger partial charge < -0.3 is 9.40 Å². The van der Waals surface area contributed by atoms with Gasteiger partial charge in [-0.05, 0) is 6.92 Å². The number of hydrogen-bond donors (Lipinski definition) is 1. The largest absolute Gasteiger partial charge is 0.430 e. The normalized spacial score (nSPS) is 11.3. The highest BCUT2D eigenvalue weighted by atomic mass is 16.3. The summed E-state index contributed by atoms with van der Waals surface area (Å²) in [5.74, 6) is 0.566. The van der Waals surface area contributed by atoms with Crippen LogP contribution in [-0.2, 0) is 0 Å². The smallest absolute Gasteiger partial charge is 0.294 e. The van der Waals surface area contributed by atoms with Crippen molar-refractivity contribution >= 4 is 22.2 Å². The van der Waals surface area contributed by atoms with E-state index in [1.165, 1.54) is 6.33 Å². The van der Waals surface area contributed by atoms with Crippen LogP contribution in [0.3, 0.4) is 0 Å². The Labute approximate surface area is 118 Å². The number of aromatic nitrogens is 4. The molecule has 0 spiro atoms. The Balaban J connectivity index is 2.10. The summed E-state index contributed by atoms with van der Waals surface area (Å²) >= 11 is 0. The lowest BCUT2D eigenvalue weighted by atomic mass is 10.2. The first kappa shape index (κ1) is 11.8. The maximum Gasteiger partial charge on any atom is 0.294 e. The number of fused-ring (bicyclic) bond motifs is 3. The Morgan fingerprint density at radius 3 is 2.76 bits per heavy atom. The van der Waals surface area contributed by atoms with Gasteiger partial charge in [0.2, 0.25) is 11.3 Å². The van der Waals surface area contributed by atoms with Crippen LogP contribution in [0.5, 0.6) is 0 Å². The van der Waals surface area contributed by atoms with Crippen molar-refractivity contribution in [1.82, 2.24) is 19.9 Å². The number of H-pyrrole nitrogens is 1. The first-order chi connectivity index (χ1) is 10.2. The van der Waals surface area contributed by atoms with Gasteiger partial charge in [0.25, 0.3) is 5.56 Å². The van der Waals surface area contributed by atoms with Crippen molar-refractivity contribution < 1.29 is 4.42 Å². The number of aryl methyl sites for hydroxylation is 1. The van der Waals surface area contributed by atoms with Crippen LogP contribution in [0.1, 0.15) is 5.69 Å². The van der Waals surface area contributed by atoms with E-state index in [1.807, 2.05) is 37.3 Å². The zero-order valence-electron chi connectivity index (χ0n) is 11.1. The third-order valence-corrected chi connectivity index (χ3v) is 3.33. The molecule has 0 aliphatic heterocycles. The van der Waals surface area contributed by atoms with Gasteiger partial charge >= 0.3 is 0 Å². The molecule has 0 aliphatic carbocycles. The zero-order chi connectivity index (χ0) is 14.4. The fourth-order valence-electron chi connectivity index (χ4n) is 2.37. The summed E-state index contributed by atoms with van der Waals surface area (Å²) in [5, 5.41) is 0.677. The lowest BCUT2D eigenvalue weighted by Gasteiger charge is -2.01. The SMILES string of the molecule is Cc1nc(-c2ccccc2)nc2oc3c(=O)[nH]cnc3c12. The molecule has 0 unspecified atom stereocenters. The summed E-state index contributed by atoms with van der Waals surface area (Å²) in [5.41, 5.74) is 2.35. The van der Waals surface area contributed by atoms with E-state index in [9.17, 15) is 4.79 Å². The zero-order valence-corrected chi connectivity index (χ0v) is 11.1. The predicted molar refractivity (Wildman–Crippen MR) is 77.9 cm³/mol. The minimum atomic E-state index is -0.321. The van der Waals surface area contributed by atoms with Crippen molar-refractivity contribution in [3.8, 4) is 11.4 Å². The van der Waals surface area contributed by atoms with Gasteiger partial charge in [-0.3, -0.25) is 4.79 Å². The number of furan rings is 1. The van der Waals surface area contributed by atoms with E-state index in [4.69, 9.17) is 4.42 Å². The summed E-state index contributed by atoms with van der Waals surface area (Å²) in [4.78, 5) is 27.3. The molecular weight excluding hydrogens is 268 g/mol. The monoisotopic (exact) mass is 278 g/mol. The number of hydrogen-bond acceptors (Lipinski definition) is 5. The Morgan fingerprint density at radius 2 is 1.95 bits per heavy atom. The second-order valence-corrected chi connectivity index (χ2v) is 4.69. The van der Waals surface area contributed by atoms with Crippen LogP contribution < -0.4 is 5.56 Å². The van der Waals surface area contributed by atoms with Crippen molar-refractivity contribution in [2.24, 2.45) is 0 Å². The van der Waals surface area contributed by atoms with Crippen LogP contribution in [-0.4, -0.2) is 19.9 Å². The van der Waals surface area contributed by atoms with Crippen LogP contribution in [0.4, 0.5) is 0 Å². The topological polar surface area (TPSA) is 84.7 Å². The molecule has 0 radical (unpaired) electrons. The van der Waals surface area contributed by atoms with Crippen molar-refractivity contribution in [3.05, 3.63) is 52.7 Å². The van der Waals surface area contributed by atoms with Gasteiger partial charge in [0.15, 0.2) is 5.82 Å². The molecule has 21 heavy (non-hydrogen) atoms. The van der Waals surface area contributed by atoms with E-state index < -0.39 is 0 Å². The fraction of sp³-hybridized carbons (Fsp3) is 0.0667. The van der Waals surface area contributed by atoms with Crippen LogP contribution in [0.15, 0.2) is 45.9 Å². The van der Waals surface area contributed by atoms with E-state index in [-0.39, 0.29) is 11.1 Å². The van der Waals surface area contributed by atoms with Gasteiger partial charge in [0.05, 0.1) is 17.4 Å². The van der Waals surface area contributed by atoms with Gasteiger partial charge in [-0.1, -0.05) is 30.3 Å². The maximum absolute atomic E-state index is 11.8. The highest BCUT2D eigenvalue weighted by Crippen LogP contribution is 2.27. The molecule has 3 heterocycles. The van der Waals surface area contributed by atoms with Crippen molar-refractivity contribution in [3.63, 3.8) is 0 Å². The summed E-state index contributed by atoms with van der Waals surface area (Å²) < 4.78 is 5.57. The molecular formula is C15H10N4O2. The van der Waals surface area contributed by atoms with Gasteiger partial charge in [0, 0.05) is 5.56 Å². The molecule has 6 heteroatoms. The molecule has 4 rings (SSSR count). The Hall–Kier alpha value is -3.02. The van der Waals surface area contributed by atoms with Gasteiger partial charge in [-0.2, -0.15) is 4.98 Å². The summed E-state index contributed by atoms with van der Waals surface area (Å²) in [6.07, 6.45) is 1.35. The van der Waals surface area contributed by atoms with Crippen molar-refractivity contribution in [2.75, 3.05) is 0 Å². The number of rotatable bonds is 1. The minimum absolute atomic E-state index is 0.176. The highest BCUT2D eigenvalue weighted by Gasteiger charge is 2.16. The van der Waals surface area contributed by atoms with Gasteiger partial charge in [0.1, 0.15) is 5.52 Å². The number of nitrogens with one attached hydrogen (secondary N) is 1. The fourth-order valence-corrected chi connectivity index (χ4v) is 2.37. The van der Waals surface area contributed by atoms with Crippen LogP contribution in [0, 0.1) is 6.92 Å². The summed E-state index contributed by atoms with van der Waals surface area (Å²) in [6.45, 7) is 1.86. The lowest BCUT2D eigenvalue weighted by molar-refractivity contribution is 0.646. The maximum atomic E-state index is 11.8. The molecule has 1 N–H and O–H groups in total. The van der Waals surface area contributed by atoms with Crippen LogP contribution in [0.2, 0.25) is 0 Å². The Kier molecular flexibility index (Phi) is 2.38. The molecule has 0 atom stereocenters. The van der Waals surface area contributed by atoms with E-state index in [1.54, 1.807) is 0 Å². The third kappa shape index (κ3) is 1.73. The molecule has 0 aliphatic rings. The third-order valence-electron chi connectivity index (χ3n) is 3.33. The minimum Gasteiger partial charge on any atom is -0.430 e. The summed E-state index contributed by atoms with van der Waals surface area (Å²) in [6, 6.07) is 9.62. The number of aromatic amines is 1. The van der Waals surface area contributed by atoms with Gasteiger partial charge in [-0.25, -0.2) is 9.97 Å². The number of benzene rings is 1. The molecule has 102 valence electrons. The van der Waals surface area contributed by atoms with Gasteiger partial charge in [-0.15, -0.1) is 0 Å². The standard InChI is InChI=1S/C15H10N4O2/c1-8-10-11-12(14(20)17-7-16-11)21-15(10)19-13(18-8)9-5-3-2-4-6-9/h2-7H,1H3,(H,16,17,20). The van der Waals surface area contributed by atoms with E-state index in [0.717, 1.165) is 11.3 Å². The Bertz CT molecular complexity index is 1020. The summed E-state index contributed by atoms with van der Waals surface area (Å²) in [7, 11) is 0. The number of nitrogens with zero attached hydrogens (tertiary/aromatic N) is 3. The second kappa shape index (κ2) is 4.24. The molecule has 0 amide bonds. The molecule has 6 nitrogen and oxygen atoms in total. The second-order valence-electron chi connectivity index (χ2n) is 4.69. The van der Waals surface area contributed by atoms with Crippen molar-refractivity contribution in [2.45, 2.75) is 6.92 Å².